The summed E-state index contributed by atoms with van der Waals surface area (Å²) < 4.78 is 24.8. The number of hydrogen-bond donors (Lipinski definition) is 0. The Morgan fingerprint density at radius 3 is 2.16 bits per heavy atom. The fourth-order valence-corrected chi connectivity index (χ4v) is 2.47. The van der Waals surface area contributed by atoms with E-state index in [0.717, 1.165) is 0 Å². The quantitative estimate of drug-likeness (QED) is 0.477. The predicted octanol–water partition coefficient (Wildman–Crippen LogP) is 1.58. The minimum atomic E-state index is -3.61. The molecule has 0 saturated carbocycles. The third-order valence-electron chi connectivity index (χ3n) is 2.45. The minimum Gasteiger partial charge on any atom is -0.258 e. The highest BCUT2D eigenvalue weighted by atomic mass is 32.2. The maximum absolute atomic E-state index is 11.8. The minimum absolute atomic E-state index is 0.0582. The van der Waals surface area contributed by atoms with E-state index in [1.165, 1.54) is 28.6 Å². The van der Waals surface area contributed by atoms with Gasteiger partial charge in [0.2, 0.25) is 0 Å². The monoisotopic (exact) mass is 282 g/mol. The van der Waals surface area contributed by atoms with Crippen molar-refractivity contribution in [2.45, 2.75) is 13.8 Å². The Labute approximate surface area is 112 Å². The van der Waals surface area contributed by atoms with E-state index in [-0.39, 0.29) is 5.69 Å². The molecule has 19 heavy (non-hydrogen) atoms. The maximum atomic E-state index is 11.8. The van der Waals surface area contributed by atoms with Gasteiger partial charge in [-0.3, -0.25) is 10.1 Å². The van der Waals surface area contributed by atoms with Gasteiger partial charge in [0.05, 0.1) is 4.92 Å². The maximum Gasteiger partial charge on any atom is 0.283 e. The zero-order chi connectivity index (χ0) is 14.5. The summed E-state index contributed by atoms with van der Waals surface area (Å²) in [7, 11) is -3.61. The van der Waals surface area contributed by atoms with Gasteiger partial charge in [-0.15, -0.1) is 0 Å². The Morgan fingerprint density at radius 2 is 1.74 bits per heavy atom. The van der Waals surface area contributed by atoms with Crippen LogP contribution in [0.5, 0.6) is 0 Å². The predicted molar refractivity (Wildman–Crippen MR) is 71.8 cm³/mol. The molecular weight excluding hydrogens is 268 g/mol. The molecule has 0 unspecified atom stereocenters. The van der Waals surface area contributed by atoms with Crippen molar-refractivity contribution in [3.05, 3.63) is 39.9 Å². The van der Waals surface area contributed by atoms with E-state index >= 15 is 0 Å². The van der Waals surface area contributed by atoms with Crippen LogP contribution < -0.4 is 0 Å². The molecule has 0 N–H and O–H groups in total. The molecule has 1 aromatic carbocycles. The van der Waals surface area contributed by atoms with E-state index in [0.29, 0.717) is 18.7 Å². The molecule has 102 valence electrons. The normalized spacial score (nSPS) is 10.9. The van der Waals surface area contributed by atoms with E-state index in [1.54, 1.807) is 13.8 Å². The summed E-state index contributed by atoms with van der Waals surface area (Å²) in [6.45, 7) is 4.17. The largest absolute Gasteiger partial charge is 0.283 e. The lowest BCUT2D eigenvalue weighted by Crippen LogP contribution is -2.29. The molecule has 0 amide bonds. The summed E-state index contributed by atoms with van der Waals surface area (Å²) in [6.07, 6.45) is 0. The summed E-state index contributed by atoms with van der Waals surface area (Å²) in [5, 5.41) is 12.7. The lowest BCUT2D eigenvalue weighted by molar-refractivity contribution is -0.384. The molecule has 0 fully saturated rings. The van der Waals surface area contributed by atoms with Crippen LogP contribution in [0.25, 0.3) is 0 Å². The van der Waals surface area contributed by atoms with Gasteiger partial charge in [0.15, 0.2) is 0 Å². The number of rotatable bonds is 4. The van der Waals surface area contributed by atoms with Gasteiger partial charge >= 0.3 is 0 Å². The van der Waals surface area contributed by atoms with Crippen LogP contribution in [0.2, 0.25) is 0 Å². The molecule has 0 aliphatic carbocycles. The molecule has 6 nitrogen and oxygen atoms in total. The second kappa shape index (κ2) is 6.31. The summed E-state index contributed by atoms with van der Waals surface area (Å²) in [6, 6.07) is 5.41. The van der Waals surface area contributed by atoms with Gasteiger partial charge in [-0.2, -0.15) is 12.7 Å². The average molecular weight is 282 g/mol. The molecular formula is C12H14N2O4S. The van der Waals surface area contributed by atoms with Gasteiger partial charge in [-0.1, -0.05) is 13.8 Å². The summed E-state index contributed by atoms with van der Waals surface area (Å²) in [5.41, 5.74) is 0.360. The fraction of sp³-hybridized carbons (Fsp3) is 0.333. The van der Waals surface area contributed by atoms with Crippen molar-refractivity contribution in [1.82, 2.24) is 4.31 Å². The number of hydrogen-bond acceptors (Lipinski definition) is 4. The molecule has 1 aromatic rings. The lowest BCUT2D eigenvalue weighted by atomic mass is 10.2. The number of non-ortho nitro benzene ring substituents is 1. The molecule has 0 bridgehead atoms. The van der Waals surface area contributed by atoms with E-state index in [9.17, 15) is 18.5 Å². The van der Waals surface area contributed by atoms with Crippen LogP contribution in [0.3, 0.4) is 0 Å². The summed E-state index contributed by atoms with van der Waals surface area (Å²) in [4.78, 5) is 9.94. The number of nitro groups is 1. The van der Waals surface area contributed by atoms with E-state index in [4.69, 9.17) is 0 Å². The number of nitro benzene ring substituents is 1. The van der Waals surface area contributed by atoms with Crippen LogP contribution in [0, 0.1) is 21.3 Å². The van der Waals surface area contributed by atoms with Gasteiger partial charge in [0.25, 0.3) is 15.7 Å². The average Bonchev–Trinajstić information content (AvgIpc) is 2.38. The Balaban J connectivity index is 2.97. The summed E-state index contributed by atoms with van der Waals surface area (Å²) >= 11 is 0. The second-order valence-electron chi connectivity index (χ2n) is 3.62. The number of nitrogens with zero attached hydrogens (tertiary/aromatic N) is 2. The molecule has 0 heterocycles. The summed E-state index contributed by atoms with van der Waals surface area (Å²) in [5.74, 6) is 2.50. The zero-order valence-corrected chi connectivity index (χ0v) is 11.5. The van der Waals surface area contributed by atoms with Crippen LogP contribution in [-0.4, -0.2) is 30.7 Å². The molecule has 0 saturated heterocycles. The molecule has 1 rings (SSSR count). The molecule has 0 atom stereocenters. The van der Waals surface area contributed by atoms with Crippen molar-refractivity contribution >= 4 is 15.7 Å². The first kappa shape index (κ1) is 15.1. The Morgan fingerprint density at radius 1 is 1.21 bits per heavy atom. The first-order valence-corrected chi connectivity index (χ1v) is 7.12. The van der Waals surface area contributed by atoms with Crippen LogP contribution in [0.1, 0.15) is 19.4 Å². The highest BCUT2D eigenvalue weighted by Crippen LogP contribution is 2.11. The topological polar surface area (TPSA) is 80.5 Å². The third-order valence-corrected chi connectivity index (χ3v) is 4.00. The zero-order valence-electron chi connectivity index (χ0n) is 10.7. The highest BCUT2D eigenvalue weighted by molar-refractivity contribution is 7.93. The van der Waals surface area contributed by atoms with E-state index in [2.05, 4.69) is 11.2 Å². The molecule has 0 radical (unpaired) electrons. The van der Waals surface area contributed by atoms with Gasteiger partial charge in [-0.25, -0.2) is 0 Å². The van der Waals surface area contributed by atoms with Crippen LogP contribution in [0.4, 0.5) is 5.69 Å². The van der Waals surface area contributed by atoms with Gasteiger partial charge in [0.1, 0.15) is 0 Å². The molecule has 0 aromatic heterocycles. The van der Waals surface area contributed by atoms with Gasteiger partial charge in [-0.05, 0) is 18.1 Å². The third kappa shape index (κ3) is 4.05. The Hall–Kier alpha value is -1.91. The smallest absolute Gasteiger partial charge is 0.258 e. The fourth-order valence-electron chi connectivity index (χ4n) is 1.42. The Kier molecular flexibility index (Phi) is 5.03. The van der Waals surface area contributed by atoms with Crippen molar-refractivity contribution in [3.8, 4) is 11.2 Å². The van der Waals surface area contributed by atoms with Crippen LogP contribution >= 0.6 is 0 Å². The molecule has 7 heteroatoms. The van der Waals surface area contributed by atoms with Crippen LogP contribution in [0.15, 0.2) is 24.3 Å². The van der Waals surface area contributed by atoms with Gasteiger partial charge in [0, 0.05) is 36.0 Å². The van der Waals surface area contributed by atoms with Crippen molar-refractivity contribution in [1.29, 1.82) is 0 Å². The SMILES string of the molecule is CCN(CC)S(=O)(=O)C#Cc1ccc([N+](=O)[O-])cc1. The van der Waals surface area contributed by atoms with Crippen molar-refractivity contribution in [2.75, 3.05) is 13.1 Å². The number of benzene rings is 1. The van der Waals surface area contributed by atoms with Gasteiger partial charge < -0.3 is 0 Å². The van der Waals surface area contributed by atoms with E-state index < -0.39 is 14.9 Å². The van der Waals surface area contributed by atoms with Crippen molar-refractivity contribution in [3.63, 3.8) is 0 Å². The van der Waals surface area contributed by atoms with Crippen molar-refractivity contribution in [2.24, 2.45) is 0 Å². The van der Waals surface area contributed by atoms with E-state index in [1.807, 2.05) is 0 Å². The molecule has 0 aliphatic heterocycles. The van der Waals surface area contributed by atoms with Crippen molar-refractivity contribution < 1.29 is 13.3 Å². The standard InChI is InChI=1S/C12H14N2O4S/c1-3-13(4-2)19(17,18)10-9-11-5-7-12(8-6-11)14(15)16/h5-8H,3-4H2,1-2H3. The number of sulfonamides is 1. The van der Waals surface area contributed by atoms with Crippen LogP contribution in [-0.2, 0) is 10.0 Å². The second-order valence-corrected chi connectivity index (χ2v) is 5.29. The molecule has 0 spiro atoms. The lowest BCUT2D eigenvalue weighted by Gasteiger charge is -2.13. The Bertz CT molecular complexity index is 607. The highest BCUT2D eigenvalue weighted by Gasteiger charge is 2.14. The first-order valence-electron chi connectivity index (χ1n) is 5.68. The first-order chi connectivity index (χ1) is 8.90. The molecule has 0 aliphatic rings.